The molecular weight excluding hydrogens is 403 g/mol. The van der Waals surface area contributed by atoms with Gasteiger partial charge in [-0.2, -0.15) is 0 Å². The van der Waals surface area contributed by atoms with Crippen LogP contribution in [-0.4, -0.2) is 38.5 Å². The van der Waals surface area contributed by atoms with Crippen molar-refractivity contribution in [2.45, 2.75) is 59.3 Å². The van der Waals surface area contributed by atoms with Gasteiger partial charge < -0.3 is 16.0 Å². The molecule has 3 N–H and O–H groups in total. The van der Waals surface area contributed by atoms with Crippen molar-refractivity contribution in [1.29, 1.82) is 0 Å². The molecule has 0 unspecified atom stereocenters. The van der Waals surface area contributed by atoms with Crippen LogP contribution >= 0.6 is 24.0 Å². The van der Waals surface area contributed by atoms with Gasteiger partial charge in [0.15, 0.2) is 5.96 Å². The quantitative estimate of drug-likeness (QED) is 0.213. The van der Waals surface area contributed by atoms with Gasteiger partial charge in [0, 0.05) is 32.6 Å². The van der Waals surface area contributed by atoms with E-state index >= 15 is 0 Å². The van der Waals surface area contributed by atoms with E-state index in [2.05, 4.69) is 41.7 Å². The molecule has 0 heterocycles. The number of carbonyl (C=O) groups excluding carboxylic acids is 1. The smallest absolute Gasteiger partial charge is 0.223 e. The number of aliphatic imine (C=N–C) groups is 1. The molecule has 1 fully saturated rings. The summed E-state index contributed by atoms with van der Waals surface area (Å²) in [6, 6.07) is 0. The monoisotopic (exact) mass is 438 g/mol. The molecule has 0 spiro atoms. The van der Waals surface area contributed by atoms with Crippen LogP contribution in [-0.2, 0) is 4.79 Å². The van der Waals surface area contributed by atoms with Crippen LogP contribution in [0, 0.1) is 11.3 Å². The Morgan fingerprint density at radius 3 is 2.35 bits per heavy atom. The fourth-order valence-corrected chi connectivity index (χ4v) is 2.34. The van der Waals surface area contributed by atoms with Crippen molar-refractivity contribution in [3.05, 3.63) is 0 Å². The maximum absolute atomic E-state index is 11.5. The maximum atomic E-state index is 11.5. The predicted octanol–water partition coefficient (Wildman–Crippen LogP) is 2.90. The molecule has 6 heteroatoms. The van der Waals surface area contributed by atoms with Crippen molar-refractivity contribution >= 4 is 35.8 Å². The van der Waals surface area contributed by atoms with Crippen molar-refractivity contribution in [3.63, 3.8) is 0 Å². The van der Waals surface area contributed by atoms with Gasteiger partial charge in [-0.3, -0.25) is 9.79 Å². The molecule has 0 aromatic rings. The lowest BCUT2D eigenvalue weighted by Crippen LogP contribution is -2.44. The van der Waals surface area contributed by atoms with Crippen LogP contribution in [0.5, 0.6) is 0 Å². The zero-order valence-corrected chi connectivity index (χ0v) is 17.5. The van der Waals surface area contributed by atoms with Gasteiger partial charge in [-0.25, -0.2) is 0 Å². The predicted molar refractivity (Wildman–Crippen MR) is 108 cm³/mol. The van der Waals surface area contributed by atoms with E-state index in [-0.39, 0.29) is 41.2 Å². The number of amides is 1. The molecule has 0 atom stereocenters. The van der Waals surface area contributed by atoms with E-state index in [4.69, 9.17) is 0 Å². The van der Waals surface area contributed by atoms with Gasteiger partial charge in [0.1, 0.15) is 0 Å². The van der Waals surface area contributed by atoms with Gasteiger partial charge in [-0.15, -0.1) is 24.0 Å². The van der Waals surface area contributed by atoms with Crippen molar-refractivity contribution in [2.24, 2.45) is 16.3 Å². The Balaban J connectivity index is 0.00000484. The second-order valence-electron chi connectivity index (χ2n) is 7.04. The molecule has 1 aliphatic rings. The van der Waals surface area contributed by atoms with Crippen LogP contribution < -0.4 is 16.0 Å². The first kappa shape index (κ1) is 22.5. The van der Waals surface area contributed by atoms with E-state index in [1.54, 1.807) is 7.05 Å². The fourth-order valence-electron chi connectivity index (χ4n) is 2.34. The number of hydrogen-bond acceptors (Lipinski definition) is 2. The van der Waals surface area contributed by atoms with Gasteiger partial charge in [-0.05, 0) is 24.7 Å². The van der Waals surface area contributed by atoms with Gasteiger partial charge in [0.25, 0.3) is 0 Å². The summed E-state index contributed by atoms with van der Waals surface area (Å²) in [7, 11) is 1.78. The normalized spacial score (nSPS) is 14.9. The largest absolute Gasteiger partial charge is 0.356 e. The Hall–Kier alpha value is -0.530. The average molecular weight is 438 g/mol. The summed E-state index contributed by atoms with van der Waals surface area (Å²) < 4.78 is 0. The number of guanidine groups is 1. The van der Waals surface area contributed by atoms with Crippen LogP contribution in [0.25, 0.3) is 0 Å². The second kappa shape index (κ2) is 11.9. The van der Waals surface area contributed by atoms with Crippen LogP contribution in [0.15, 0.2) is 4.99 Å². The van der Waals surface area contributed by atoms with Crippen molar-refractivity contribution in [2.75, 3.05) is 26.7 Å². The average Bonchev–Trinajstić information content (AvgIpc) is 3.31. The molecule has 0 aromatic carbocycles. The Morgan fingerprint density at radius 2 is 1.78 bits per heavy atom. The molecule has 1 aliphatic carbocycles. The maximum Gasteiger partial charge on any atom is 0.223 e. The second-order valence-corrected chi connectivity index (χ2v) is 7.04. The summed E-state index contributed by atoms with van der Waals surface area (Å²) in [6.45, 7) is 9.08. The standard InChI is InChI=1S/C17H34N4O.HI/c1-5-6-7-10-17(2,3)13-21-16(18-4)20-12-11-19-15(22)14-8-9-14;/h14H,5-13H2,1-4H3,(H,19,22)(H2,18,20,21);1H. The Labute approximate surface area is 158 Å². The van der Waals surface area contributed by atoms with Crippen molar-refractivity contribution in [3.8, 4) is 0 Å². The number of nitrogens with zero attached hydrogens (tertiary/aromatic N) is 1. The van der Waals surface area contributed by atoms with E-state index in [9.17, 15) is 4.79 Å². The minimum absolute atomic E-state index is 0. The Bertz CT molecular complexity index is 368. The van der Waals surface area contributed by atoms with Crippen LogP contribution in [0.2, 0.25) is 0 Å². The first-order chi connectivity index (χ1) is 10.5. The Kier molecular flexibility index (Phi) is 11.6. The molecule has 5 nitrogen and oxygen atoms in total. The highest BCUT2D eigenvalue weighted by Crippen LogP contribution is 2.28. The summed E-state index contributed by atoms with van der Waals surface area (Å²) in [4.78, 5) is 15.8. The third-order valence-electron chi connectivity index (χ3n) is 4.08. The number of halogens is 1. The summed E-state index contributed by atoms with van der Waals surface area (Å²) in [6.07, 6.45) is 7.17. The molecule has 0 radical (unpaired) electrons. The summed E-state index contributed by atoms with van der Waals surface area (Å²) >= 11 is 0. The lowest BCUT2D eigenvalue weighted by molar-refractivity contribution is -0.122. The van der Waals surface area contributed by atoms with E-state index in [0.717, 1.165) is 25.3 Å². The molecule has 0 saturated heterocycles. The summed E-state index contributed by atoms with van der Waals surface area (Å²) in [5.41, 5.74) is 0.271. The number of carbonyl (C=O) groups is 1. The highest BCUT2D eigenvalue weighted by Gasteiger charge is 2.28. The summed E-state index contributed by atoms with van der Waals surface area (Å²) in [5, 5.41) is 9.58. The van der Waals surface area contributed by atoms with Crippen molar-refractivity contribution in [1.82, 2.24) is 16.0 Å². The van der Waals surface area contributed by atoms with Gasteiger partial charge >= 0.3 is 0 Å². The van der Waals surface area contributed by atoms with Gasteiger partial charge in [-0.1, -0.05) is 40.0 Å². The van der Waals surface area contributed by atoms with Gasteiger partial charge in [0.2, 0.25) is 5.91 Å². The molecule has 1 rings (SSSR count). The number of rotatable bonds is 10. The molecule has 0 bridgehead atoms. The van der Waals surface area contributed by atoms with Crippen molar-refractivity contribution < 1.29 is 4.79 Å². The topological polar surface area (TPSA) is 65.5 Å². The molecule has 23 heavy (non-hydrogen) atoms. The zero-order chi connectivity index (χ0) is 16.4. The van der Waals surface area contributed by atoms with E-state index in [1.807, 2.05) is 0 Å². The van der Waals surface area contributed by atoms with Crippen LogP contribution in [0.3, 0.4) is 0 Å². The lowest BCUT2D eigenvalue weighted by atomic mass is 9.87. The molecule has 1 saturated carbocycles. The van der Waals surface area contributed by atoms with E-state index < -0.39 is 0 Å². The molecule has 136 valence electrons. The van der Waals surface area contributed by atoms with Gasteiger partial charge in [0.05, 0.1) is 0 Å². The fraction of sp³-hybridized carbons (Fsp3) is 0.882. The summed E-state index contributed by atoms with van der Waals surface area (Å²) in [5.74, 6) is 1.28. The molecule has 0 aliphatic heterocycles. The minimum atomic E-state index is 0. The third kappa shape index (κ3) is 10.8. The SMILES string of the molecule is CCCCCC(C)(C)CNC(=NC)NCCNC(=O)C1CC1.I. The number of hydrogen-bond donors (Lipinski definition) is 3. The molecule has 1 amide bonds. The first-order valence-corrected chi connectivity index (χ1v) is 8.70. The molecular formula is C17H35IN4O. The van der Waals surface area contributed by atoms with Crippen LogP contribution in [0.4, 0.5) is 0 Å². The van der Waals surface area contributed by atoms with E-state index in [0.29, 0.717) is 13.1 Å². The number of unbranched alkanes of at least 4 members (excludes halogenated alkanes) is 2. The van der Waals surface area contributed by atoms with E-state index in [1.165, 1.54) is 25.7 Å². The highest BCUT2D eigenvalue weighted by atomic mass is 127. The Morgan fingerprint density at radius 1 is 1.13 bits per heavy atom. The van der Waals surface area contributed by atoms with Crippen LogP contribution in [0.1, 0.15) is 59.3 Å². The highest BCUT2D eigenvalue weighted by molar-refractivity contribution is 14.0. The minimum Gasteiger partial charge on any atom is -0.356 e. The first-order valence-electron chi connectivity index (χ1n) is 8.70. The lowest BCUT2D eigenvalue weighted by Gasteiger charge is -2.26. The third-order valence-corrected chi connectivity index (χ3v) is 4.08. The zero-order valence-electron chi connectivity index (χ0n) is 15.2. The number of nitrogens with one attached hydrogen (secondary N) is 3. The molecule has 0 aromatic heterocycles.